The van der Waals surface area contributed by atoms with Crippen LogP contribution in [0.4, 0.5) is 4.79 Å². The molecule has 0 radical (unpaired) electrons. The molecule has 3 rings (SSSR count). The molecule has 0 N–H and O–H groups in total. The number of hydrogen-bond acceptors (Lipinski definition) is 5. The van der Waals surface area contributed by atoms with Gasteiger partial charge in [0.25, 0.3) is 11.1 Å². The second kappa shape index (κ2) is 7.31. The van der Waals surface area contributed by atoms with Crippen LogP contribution < -0.4 is 4.74 Å². The number of imide groups is 1. The van der Waals surface area contributed by atoms with E-state index >= 15 is 0 Å². The predicted octanol–water partition coefficient (Wildman–Crippen LogP) is 3.72. The van der Waals surface area contributed by atoms with Crippen molar-refractivity contribution in [1.82, 2.24) is 9.88 Å². The molecule has 122 valence electrons. The lowest BCUT2D eigenvalue weighted by Crippen LogP contribution is -2.27. The van der Waals surface area contributed by atoms with E-state index in [9.17, 15) is 9.59 Å². The Hall–Kier alpha value is -2.60. The van der Waals surface area contributed by atoms with E-state index in [1.165, 1.54) is 4.90 Å². The number of amides is 2. The number of carbonyl (C=O) groups excluding carboxylic acids is 2. The molecule has 5 nitrogen and oxygen atoms in total. The molecule has 0 bridgehead atoms. The molecule has 1 aliphatic heterocycles. The maximum absolute atomic E-state index is 12.5. The topological polar surface area (TPSA) is 59.5 Å². The Balaban J connectivity index is 1.75. The summed E-state index contributed by atoms with van der Waals surface area (Å²) in [5.41, 5.74) is 1.67. The Morgan fingerprint density at radius 1 is 1.21 bits per heavy atom. The van der Waals surface area contributed by atoms with E-state index in [4.69, 9.17) is 4.74 Å². The number of nitrogens with zero attached hydrogens (tertiary/aromatic N) is 2. The zero-order valence-corrected chi connectivity index (χ0v) is 14.0. The largest absolute Gasteiger partial charge is 0.494 e. The summed E-state index contributed by atoms with van der Waals surface area (Å²) in [6, 6.07) is 11.0. The Bertz CT molecular complexity index is 773. The molecule has 0 atom stereocenters. The molecule has 0 saturated carbocycles. The second-order valence-corrected chi connectivity index (χ2v) is 6.12. The SMILES string of the molecule is CCOc1ccc(/C=C2\SC(=O)N(Cc3cccnc3)C2=O)cc1. The first-order valence-corrected chi connectivity index (χ1v) is 8.36. The molecule has 0 spiro atoms. The minimum absolute atomic E-state index is 0.235. The molecule has 0 unspecified atom stereocenters. The van der Waals surface area contributed by atoms with E-state index in [1.54, 1.807) is 24.5 Å². The van der Waals surface area contributed by atoms with Crippen molar-refractivity contribution in [3.63, 3.8) is 0 Å². The van der Waals surface area contributed by atoms with E-state index in [0.29, 0.717) is 11.5 Å². The van der Waals surface area contributed by atoms with Crippen LogP contribution >= 0.6 is 11.8 Å². The average Bonchev–Trinajstić information content (AvgIpc) is 2.85. The highest BCUT2D eigenvalue weighted by atomic mass is 32.2. The van der Waals surface area contributed by atoms with Crippen molar-refractivity contribution in [2.24, 2.45) is 0 Å². The van der Waals surface area contributed by atoms with Crippen LogP contribution in [0.3, 0.4) is 0 Å². The summed E-state index contributed by atoms with van der Waals surface area (Å²) in [6.07, 6.45) is 5.03. The molecule has 1 aliphatic rings. The van der Waals surface area contributed by atoms with E-state index in [-0.39, 0.29) is 17.7 Å². The molecule has 0 aliphatic carbocycles. The van der Waals surface area contributed by atoms with Gasteiger partial charge in [-0.2, -0.15) is 0 Å². The number of thioether (sulfide) groups is 1. The standard InChI is InChI=1S/C18H16N2O3S/c1-2-23-15-7-5-13(6-8-15)10-16-17(21)20(18(22)24-16)12-14-4-3-9-19-11-14/h3-11H,2,12H2,1H3/b16-10-. The maximum Gasteiger partial charge on any atom is 0.293 e. The van der Waals surface area contributed by atoms with Gasteiger partial charge in [-0.25, -0.2) is 0 Å². The lowest BCUT2D eigenvalue weighted by molar-refractivity contribution is -0.123. The third-order valence-electron chi connectivity index (χ3n) is 3.43. The highest BCUT2D eigenvalue weighted by Crippen LogP contribution is 2.33. The van der Waals surface area contributed by atoms with Crippen molar-refractivity contribution in [2.45, 2.75) is 13.5 Å². The number of rotatable bonds is 5. The summed E-state index contributed by atoms with van der Waals surface area (Å²) < 4.78 is 5.39. The van der Waals surface area contributed by atoms with E-state index in [0.717, 1.165) is 28.6 Å². The molecule has 2 aromatic rings. The molecule has 2 amide bonds. The van der Waals surface area contributed by atoms with Crippen molar-refractivity contribution < 1.29 is 14.3 Å². The van der Waals surface area contributed by atoms with Gasteiger partial charge in [0.1, 0.15) is 5.75 Å². The summed E-state index contributed by atoms with van der Waals surface area (Å²) in [4.78, 5) is 30.2. The molecular weight excluding hydrogens is 324 g/mol. The summed E-state index contributed by atoms with van der Waals surface area (Å²) in [5.74, 6) is 0.502. The Kier molecular flexibility index (Phi) is 4.96. The molecule has 1 fully saturated rings. The highest BCUT2D eigenvalue weighted by Gasteiger charge is 2.34. The zero-order chi connectivity index (χ0) is 16.9. The number of benzene rings is 1. The molecule has 1 saturated heterocycles. The van der Waals surface area contributed by atoms with E-state index in [2.05, 4.69) is 4.98 Å². The summed E-state index contributed by atoms with van der Waals surface area (Å²) >= 11 is 0.957. The predicted molar refractivity (Wildman–Crippen MR) is 93.4 cm³/mol. The van der Waals surface area contributed by atoms with Gasteiger partial charge in [0.15, 0.2) is 0 Å². The van der Waals surface area contributed by atoms with Crippen LogP contribution in [0.5, 0.6) is 5.75 Å². The van der Waals surface area contributed by atoms with Gasteiger partial charge in [-0.1, -0.05) is 18.2 Å². The van der Waals surface area contributed by atoms with Gasteiger partial charge in [0, 0.05) is 12.4 Å². The molecule has 24 heavy (non-hydrogen) atoms. The van der Waals surface area contributed by atoms with Crippen LogP contribution in [-0.4, -0.2) is 27.6 Å². The van der Waals surface area contributed by atoms with Crippen LogP contribution in [0, 0.1) is 0 Å². The van der Waals surface area contributed by atoms with Crippen LogP contribution in [0.2, 0.25) is 0 Å². The fraction of sp³-hybridized carbons (Fsp3) is 0.167. The Labute approximate surface area is 144 Å². The molecule has 2 heterocycles. The first kappa shape index (κ1) is 16.3. The van der Waals surface area contributed by atoms with Crippen molar-refractivity contribution in [2.75, 3.05) is 6.61 Å². The fourth-order valence-corrected chi connectivity index (χ4v) is 3.13. The van der Waals surface area contributed by atoms with Crippen molar-refractivity contribution in [3.05, 3.63) is 64.8 Å². The lowest BCUT2D eigenvalue weighted by Gasteiger charge is -2.11. The van der Waals surface area contributed by atoms with Gasteiger partial charge in [-0.05, 0) is 54.1 Å². The van der Waals surface area contributed by atoms with E-state index in [1.807, 2.05) is 37.3 Å². The smallest absolute Gasteiger partial charge is 0.293 e. The molecule has 1 aromatic carbocycles. The highest BCUT2D eigenvalue weighted by molar-refractivity contribution is 8.18. The minimum Gasteiger partial charge on any atom is -0.494 e. The number of ether oxygens (including phenoxy) is 1. The summed E-state index contributed by atoms with van der Waals surface area (Å²) in [6.45, 7) is 2.76. The summed E-state index contributed by atoms with van der Waals surface area (Å²) in [5, 5.41) is -0.263. The van der Waals surface area contributed by atoms with Gasteiger partial charge in [0.05, 0.1) is 18.1 Å². The van der Waals surface area contributed by atoms with Gasteiger partial charge in [0.2, 0.25) is 0 Å². The first-order valence-electron chi connectivity index (χ1n) is 7.54. The number of carbonyl (C=O) groups is 2. The van der Waals surface area contributed by atoms with Gasteiger partial charge in [-0.3, -0.25) is 19.5 Å². The van der Waals surface area contributed by atoms with Gasteiger partial charge in [-0.15, -0.1) is 0 Å². The van der Waals surface area contributed by atoms with Gasteiger partial charge < -0.3 is 4.74 Å². The third-order valence-corrected chi connectivity index (χ3v) is 4.33. The quantitative estimate of drug-likeness (QED) is 0.777. The summed E-state index contributed by atoms with van der Waals surface area (Å²) in [7, 11) is 0. The Morgan fingerprint density at radius 2 is 2.00 bits per heavy atom. The van der Waals surface area contributed by atoms with E-state index < -0.39 is 0 Å². The van der Waals surface area contributed by atoms with Crippen molar-refractivity contribution in [1.29, 1.82) is 0 Å². The lowest BCUT2D eigenvalue weighted by atomic mass is 10.2. The maximum atomic E-state index is 12.5. The first-order chi connectivity index (χ1) is 11.7. The Morgan fingerprint density at radius 3 is 2.67 bits per heavy atom. The zero-order valence-electron chi connectivity index (χ0n) is 13.1. The van der Waals surface area contributed by atoms with Crippen LogP contribution in [0.15, 0.2) is 53.7 Å². The third kappa shape index (κ3) is 3.65. The van der Waals surface area contributed by atoms with Gasteiger partial charge >= 0.3 is 0 Å². The molecule has 6 heteroatoms. The minimum atomic E-state index is -0.275. The monoisotopic (exact) mass is 340 g/mol. The normalized spacial score (nSPS) is 16.0. The van der Waals surface area contributed by atoms with Crippen molar-refractivity contribution in [3.8, 4) is 5.75 Å². The number of hydrogen-bond donors (Lipinski definition) is 0. The van der Waals surface area contributed by atoms with Crippen LogP contribution in [0.1, 0.15) is 18.1 Å². The van der Waals surface area contributed by atoms with Crippen LogP contribution in [0.25, 0.3) is 6.08 Å². The molecular formula is C18H16N2O3S. The average molecular weight is 340 g/mol. The fourth-order valence-electron chi connectivity index (χ4n) is 2.29. The van der Waals surface area contributed by atoms with Crippen LogP contribution in [-0.2, 0) is 11.3 Å². The number of pyridine rings is 1. The number of aromatic nitrogens is 1. The van der Waals surface area contributed by atoms with Crippen molar-refractivity contribution >= 4 is 29.0 Å². The second-order valence-electron chi connectivity index (χ2n) is 5.13. The molecule has 1 aromatic heterocycles.